The molecule has 5 heteroatoms. The minimum absolute atomic E-state index is 0.129. The Morgan fingerprint density at radius 2 is 1.90 bits per heavy atom. The fourth-order valence-corrected chi connectivity index (χ4v) is 3.25. The second kappa shape index (κ2) is 4.50. The van der Waals surface area contributed by atoms with Crippen LogP contribution in [0.1, 0.15) is 50.8 Å². The van der Waals surface area contributed by atoms with Crippen molar-refractivity contribution in [2.24, 2.45) is 23.8 Å². The Kier molecular flexibility index (Phi) is 3.35. The Morgan fingerprint density at radius 1 is 1.35 bits per heavy atom. The molecule has 0 bridgehead atoms. The van der Waals surface area contributed by atoms with E-state index in [-0.39, 0.29) is 16.7 Å². The lowest BCUT2D eigenvalue weighted by Crippen LogP contribution is -2.29. The van der Waals surface area contributed by atoms with Crippen molar-refractivity contribution in [1.82, 2.24) is 15.1 Å². The Bertz CT molecular complexity index is 528. The van der Waals surface area contributed by atoms with Crippen LogP contribution in [0.5, 0.6) is 0 Å². The first-order valence-corrected chi connectivity index (χ1v) is 7.24. The van der Waals surface area contributed by atoms with E-state index in [1.165, 1.54) is 0 Å². The molecule has 1 heterocycles. The lowest BCUT2D eigenvalue weighted by Gasteiger charge is -2.07. The quantitative estimate of drug-likeness (QED) is 0.884. The number of nitrogens with one attached hydrogen (secondary N) is 1. The number of carbonyl (C=O) groups is 1. The molecule has 5 nitrogen and oxygen atoms in total. The van der Waals surface area contributed by atoms with Gasteiger partial charge in [-0.1, -0.05) is 34.6 Å². The molecule has 1 aliphatic carbocycles. The number of aromatic nitrogens is 2. The number of carbonyl (C=O) groups excluding carboxylic acids is 1. The highest BCUT2D eigenvalue weighted by Gasteiger charge is 2.64. The van der Waals surface area contributed by atoms with Crippen LogP contribution in [0.25, 0.3) is 0 Å². The molecule has 0 spiro atoms. The number of nitrogens with zero attached hydrogens (tertiary/aromatic N) is 2. The van der Waals surface area contributed by atoms with E-state index < -0.39 is 0 Å². The minimum atomic E-state index is -0.129. The second-order valence-electron chi connectivity index (χ2n) is 6.89. The molecule has 0 aromatic carbocycles. The zero-order chi connectivity index (χ0) is 15.3. The zero-order valence-electron chi connectivity index (χ0n) is 13.4. The van der Waals surface area contributed by atoms with Gasteiger partial charge in [-0.3, -0.25) is 9.48 Å². The summed E-state index contributed by atoms with van der Waals surface area (Å²) in [5.41, 5.74) is 8.30. The Morgan fingerprint density at radius 3 is 2.30 bits per heavy atom. The molecule has 1 fully saturated rings. The molecule has 0 aliphatic heterocycles. The summed E-state index contributed by atoms with van der Waals surface area (Å²) in [5.74, 6) is 0.370. The summed E-state index contributed by atoms with van der Waals surface area (Å²) in [5, 5.41) is 7.29. The normalized spacial score (nSPS) is 19.9. The van der Waals surface area contributed by atoms with Crippen molar-refractivity contribution in [2.75, 3.05) is 12.3 Å². The van der Waals surface area contributed by atoms with E-state index in [1.807, 2.05) is 6.92 Å². The van der Waals surface area contributed by atoms with Gasteiger partial charge < -0.3 is 11.1 Å². The molecule has 20 heavy (non-hydrogen) atoms. The van der Waals surface area contributed by atoms with Gasteiger partial charge in [-0.2, -0.15) is 5.10 Å². The number of hydrogen-bond donors (Lipinski definition) is 2. The molecule has 1 amide bonds. The lowest BCUT2D eigenvalue weighted by molar-refractivity contribution is 0.0941. The minimum Gasteiger partial charge on any atom is -0.395 e. The van der Waals surface area contributed by atoms with E-state index in [1.54, 1.807) is 11.7 Å². The molecule has 1 saturated carbocycles. The van der Waals surface area contributed by atoms with Crippen LogP contribution >= 0.6 is 0 Å². The van der Waals surface area contributed by atoms with Crippen LogP contribution in [0, 0.1) is 16.7 Å². The van der Waals surface area contributed by atoms with Crippen LogP contribution in [0.3, 0.4) is 0 Å². The molecule has 0 saturated heterocycles. The van der Waals surface area contributed by atoms with Gasteiger partial charge in [-0.05, 0) is 23.2 Å². The monoisotopic (exact) mass is 278 g/mol. The van der Waals surface area contributed by atoms with Gasteiger partial charge in [0.15, 0.2) is 0 Å². The molecule has 1 aromatic rings. The number of hydrogen-bond acceptors (Lipinski definition) is 3. The largest absolute Gasteiger partial charge is 0.395 e. The van der Waals surface area contributed by atoms with Gasteiger partial charge in [0.25, 0.3) is 5.91 Å². The number of nitrogen functional groups attached to an aromatic ring is 1. The molecule has 1 aromatic heterocycles. The van der Waals surface area contributed by atoms with Gasteiger partial charge in [-0.15, -0.1) is 0 Å². The van der Waals surface area contributed by atoms with Gasteiger partial charge >= 0.3 is 0 Å². The molecule has 3 N–H and O–H groups in total. The highest BCUT2D eigenvalue weighted by Crippen LogP contribution is 2.67. The third kappa shape index (κ3) is 2.00. The van der Waals surface area contributed by atoms with Gasteiger partial charge in [0.05, 0.1) is 11.4 Å². The SMILES string of the molecule is CCc1nn(C)c(C(=O)NCC2C(C)(C)C2(C)C)c1N. The molecule has 112 valence electrons. The summed E-state index contributed by atoms with van der Waals surface area (Å²) in [4.78, 5) is 12.3. The average Bonchev–Trinajstić information content (AvgIpc) is 2.61. The molecular formula is C15H26N4O. The van der Waals surface area contributed by atoms with E-state index in [9.17, 15) is 4.79 Å². The third-order valence-corrected chi connectivity index (χ3v) is 5.50. The van der Waals surface area contributed by atoms with Crippen molar-refractivity contribution in [3.05, 3.63) is 11.4 Å². The number of nitrogens with two attached hydrogens (primary N) is 1. The maximum atomic E-state index is 12.3. The first-order chi connectivity index (χ1) is 9.14. The van der Waals surface area contributed by atoms with E-state index in [0.717, 1.165) is 12.1 Å². The number of rotatable bonds is 4. The highest BCUT2D eigenvalue weighted by molar-refractivity contribution is 5.98. The van der Waals surface area contributed by atoms with Crippen molar-refractivity contribution >= 4 is 11.6 Å². The Hall–Kier alpha value is -1.52. The molecular weight excluding hydrogens is 252 g/mol. The van der Waals surface area contributed by atoms with Gasteiger partial charge in [0.1, 0.15) is 5.69 Å². The van der Waals surface area contributed by atoms with E-state index in [2.05, 4.69) is 38.1 Å². The van der Waals surface area contributed by atoms with Crippen LogP contribution in [0.2, 0.25) is 0 Å². The number of aryl methyl sites for hydroxylation is 2. The molecule has 0 unspecified atom stereocenters. The summed E-state index contributed by atoms with van der Waals surface area (Å²) in [7, 11) is 1.76. The fraction of sp³-hybridized carbons (Fsp3) is 0.733. The van der Waals surface area contributed by atoms with Crippen LogP contribution in [-0.2, 0) is 13.5 Å². The standard InChI is InChI=1S/C15H26N4O/c1-7-9-11(16)12(19(6)18-9)13(20)17-8-10-14(2,3)15(10,4)5/h10H,7-8,16H2,1-6H3,(H,17,20). The lowest BCUT2D eigenvalue weighted by atomic mass is 10.0. The maximum absolute atomic E-state index is 12.3. The predicted octanol–water partition coefficient (Wildman–Crippen LogP) is 1.98. The highest BCUT2D eigenvalue weighted by atomic mass is 16.2. The summed E-state index contributed by atoms with van der Waals surface area (Å²) in [6, 6.07) is 0. The second-order valence-corrected chi connectivity index (χ2v) is 6.89. The molecule has 0 radical (unpaired) electrons. The van der Waals surface area contributed by atoms with Gasteiger partial charge in [0.2, 0.25) is 0 Å². The van der Waals surface area contributed by atoms with Gasteiger partial charge in [-0.25, -0.2) is 0 Å². The fourth-order valence-electron chi connectivity index (χ4n) is 3.25. The van der Waals surface area contributed by atoms with E-state index in [0.29, 0.717) is 23.8 Å². The van der Waals surface area contributed by atoms with Gasteiger partial charge in [0, 0.05) is 13.6 Å². The van der Waals surface area contributed by atoms with Crippen molar-refractivity contribution < 1.29 is 4.79 Å². The molecule has 2 rings (SSSR count). The van der Waals surface area contributed by atoms with Crippen molar-refractivity contribution in [2.45, 2.75) is 41.0 Å². The van der Waals surface area contributed by atoms with E-state index in [4.69, 9.17) is 5.73 Å². The number of amides is 1. The van der Waals surface area contributed by atoms with Crippen LogP contribution in [-0.4, -0.2) is 22.2 Å². The Labute approximate surface area is 120 Å². The maximum Gasteiger partial charge on any atom is 0.271 e. The van der Waals surface area contributed by atoms with Crippen LogP contribution in [0.4, 0.5) is 5.69 Å². The summed E-state index contributed by atoms with van der Waals surface area (Å²) in [6.45, 7) is 11.7. The average molecular weight is 278 g/mol. The summed E-state index contributed by atoms with van der Waals surface area (Å²) < 4.78 is 1.58. The first kappa shape index (κ1) is 14.9. The van der Waals surface area contributed by atoms with E-state index >= 15 is 0 Å². The zero-order valence-corrected chi connectivity index (χ0v) is 13.4. The molecule has 0 atom stereocenters. The predicted molar refractivity (Wildman–Crippen MR) is 80.4 cm³/mol. The topological polar surface area (TPSA) is 72.9 Å². The number of anilines is 1. The van der Waals surface area contributed by atoms with Crippen molar-refractivity contribution in [3.8, 4) is 0 Å². The van der Waals surface area contributed by atoms with Crippen LogP contribution in [0.15, 0.2) is 0 Å². The van der Waals surface area contributed by atoms with Crippen molar-refractivity contribution in [3.63, 3.8) is 0 Å². The smallest absolute Gasteiger partial charge is 0.271 e. The van der Waals surface area contributed by atoms with Crippen LogP contribution < -0.4 is 11.1 Å². The summed E-state index contributed by atoms with van der Waals surface area (Å²) in [6.07, 6.45) is 0.732. The first-order valence-electron chi connectivity index (χ1n) is 7.24. The summed E-state index contributed by atoms with van der Waals surface area (Å²) >= 11 is 0. The molecule has 1 aliphatic rings. The van der Waals surface area contributed by atoms with Crippen molar-refractivity contribution in [1.29, 1.82) is 0 Å². The Balaban J connectivity index is 2.06. The third-order valence-electron chi connectivity index (χ3n) is 5.50.